The van der Waals surface area contributed by atoms with E-state index in [1.807, 2.05) is 32.9 Å². The SMILES string of the molecule is CC(C)(C)OC(=O)N1CCC2(CC1)CN(Cc1ccc(C(F)(F)F)cc1)CC=C2c1ccc2c(c1)CN(C1CCC(=O)NC1=O)C2=O. The van der Waals surface area contributed by atoms with Crippen molar-refractivity contribution in [1.29, 1.82) is 0 Å². The number of benzene rings is 2. The molecule has 12 heteroatoms. The van der Waals surface area contributed by atoms with Crippen LogP contribution in [0, 0.1) is 5.41 Å². The molecule has 4 amide bonds. The summed E-state index contributed by atoms with van der Waals surface area (Å²) < 4.78 is 45.1. The average Bonchev–Trinajstić information content (AvgIpc) is 3.31. The van der Waals surface area contributed by atoms with E-state index in [0.717, 1.165) is 34.4 Å². The average molecular weight is 653 g/mol. The van der Waals surface area contributed by atoms with E-state index in [4.69, 9.17) is 4.74 Å². The number of amides is 4. The Morgan fingerprint density at radius 3 is 2.36 bits per heavy atom. The number of alkyl halides is 3. The Morgan fingerprint density at radius 2 is 1.72 bits per heavy atom. The van der Waals surface area contributed by atoms with Crippen LogP contribution in [0.3, 0.4) is 0 Å². The number of nitrogens with one attached hydrogen (secondary N) is 1. The van der Waals surface area contributed by atoms with Gasteiger partial charge in [-0.25, -0.2) is 4.79 Å². The number of carbonyl (C=O) groups excluding carboxylic acids is 4. The molecule has 9 nitrogen and oxygen atoms in total. The first-order valence-electron chi connectivity index (χ1n) is 16.0. The predicted molar refractivity (Wildman–Crippen MR) is 167 cm³/mol. The normalized spacial score (nSPS) is 21.9. The molecule has 2 fully saturated rings. The van der Waals surface area contributed by atoms with E-state index in [-0.39, 0.29) is 42.7 Å². The van der Waals surface area contributed by atoms with Crippen molar-refractivity contribution in [2.75, 3.05) is 26.2 Å². The maximum atomic E-state index is 13.3. The summed E-state index contributed by atoms with van der Waals surface area (Å²) in [6.07, 6.45) is -0.825. The van der Waals surface area contributed by atoms with Crippen LogP contribution in [-0.4, -0.2) is 76.3 Å². The molecule has 4 aliphatic rings. The van der Waals surface area contributed by atoms with Crippen LogP contribution in [0.2, 0.25) is 0 Å². The number of likely N-dealkylation sites (tertiary alicyclic amines) is 1. The molecule has 0 aliphatic carbocycles. The fourth-order valence-corrected chi connectivity index (χ4v) is 7.23. The van der Waals surface area contributed by atoms with Crippen LogP contribution in [0.25, 0.3) is 5.57 Å². The molecule has 1 unspecified atom stereocenters. The van der Waals surface area contributed by atoms with Gasteiger partial charge in [0.15, 0.2) is 0 Å². The minimum Gasteiger partial charge on any atom is -0.444 e. The quantitative estimate of drug-likeness (QED) is 0.446. The zero-order valence-corrected chi connectivity index (χ0v) is 26.8. The number of hydrogen-bond donors (Lipinski definition) is 1. The van der Waals surface area contributed by atoms with E-state index >= 15 is 0 Å². The summed E-state index contributed by atoms with van der Waals surface area (Å²) in [7, 11) is 0. The van der Waals surface area contributed by atoms with E-state index in [2.05, 4.69) is 16.3 Å². The van der Waals surface area contributed by atoms with E-state index in [9.17, 15) is 32.3 Å². The number of carbonyl (C=O) groups is 4. The summed E-state index contributed by atoms with van der Waals surface area (Å²) >= 11 is 0. The topological polar surface area (TPSA) is 99.3 Å². The lowest BCUT2D eigenvalue weighted by molar-refractivity contribution is -0.138. The molecule has 0 bridgehead atoms. The fraction of sp³-hybridized carbons (Fsp3) is 0.486. The highest BCUT2D eigenvalue weighted by Crippen LogP contribution is 2.48. The van der Waals surface area contributed by atoms with Crippen LogP contribution in [-0.2, 0) is 33.6 Å². The van der Waals surface area contributed by atoms with E-state index < -0.39 is 29.3 Å². The smallest absolute Gasteiger partial charge is 0.416 e. The van der Waals surface area contributed by atoms with E-state index in [1.54, 1.807) is 11.0 Å². The van der Waals surface area contributed by atoms with Crippen molar-refractivity contribution in [3.8, 4) is 0 Å². The third kappa shape index (κ3) is 6.79. The second-order valence-corrected chi connectivity index (χ2v) is 14.0. The molecule has 4 heterocycles. The Labute approximate surface area is 271 Å². The maximum Gasteiger partial charge on any atom is 0.416 e. The molecule has 47 heavy (non-hydrogen) atoms. The van der Waals surface area contributed by atoms with Gasteiger partial charge in [-0.1, -0.05) is 24.3 Å². The van der Waals surface area contributed by atoms with Gasteiger partial charge in [0.2, 0.25) is 11.8 Å². The largest absolute Gasteiger partial charge is 0.444 e. The predicted octanol–water partition coefficient (Wildman–Crippen LogP) is 5.38. The summed E-state index contributed by atoms with van der Waals surface area (Å²) in [5.41, 5.74) is 2.54. The van der Waals surface area contributed by atoms with Crippen LogP contribution < -0.4 is 5.32 Å². The van der Waals surface area contributed by atoms with Gasteiger partial charge in [-0.2, -0.15) is 13.2 Å². The standard InChI is InChI=1S/C35H39F3N4O5/c1-33(2,3)47-32(46)41-16-13-34(14-17-41)21-40(19-22-4-7-25(8-5-22)35(36,37)38)15-12-27(34)23-6-9-26-24(18-23)20-42(31(26)45)28-10-11-29(43)39-30(28)44/h4-9,12,18,28H,10-11,13-17,19-21H2,1-3H3,(H,39,43,44). The van der Waals surface area contributed by atoms with Crippen LogP contribution in [0.1, 0.15) is 79.1 Å². The van der Waals surface area contributed by atoms with Crippen LogP contribution in [0.4, 0.5) is 18.0 Å². The molecule has 1 atom stereocenters. The monoisotopic (exact) mass is 652 g/mol. The van der Waals surface area contributed by atoms with Crippen molar-refractivity contribution in [3.05, 3.63) is 76.4 Å². The lowest BCUT2D eigenvalue weighted by Gasteiger charge is -2.48. The van der Waals surface area contributed by atoms with Crippen molar-refractivity contribution in [1.82, 2.24) is 20.0 Å². The highest BCUT2D eigenvalue weighted by atomic mass is 19.4. The molecule has 0 aromatic heterocycles. The zero-order valence-electron chi connectivity index (χ0n) is 26.8. The number of nitrogens with zero attached hydrogens (tertiary/aromatic N) is 3. The number of hydrogen-bond acceptors (Lipinski definition) is 6. The number of halogens is 3. The minimum absolute atomic E-state index is 0.181. The highest BCUT2D eigenvalue weighted by molar-refractivity contribution is 6.05. The molecule has 2 aromatic carbocycles. The molecule has 1 spiro atoms. The Hall–Kier alpha value is -4.19. The summed E-state index contributed by atoms with van der Waals surface area (Å²) in [5.74, 6) is -1.03. The Kier molecular flexibility index (Phi) is 8.44. The Balaban J connectivity index is 1.26. The highest BCUT2D eigenvalue weighted by Gasteiger charge is 2.44. The van der Waals surface area contributed by atoms with Crippen molar-refractivity contribution < 1.29 is 37.1 Å². The lowest BCUT2D eigenvalue weighted by Crippen LogP contribution is -2.52. The van der Waals surface area contributed by atoms with Gasteiger partial charge < -0.3 is 14.5 Å². The first kappa shape index (κ1) is 32.7. The van der Waals surface area contributed by atoms with Gasteiger partial charge in [0.25, 0.3) is 5.91 Å². The number of fused-ring (bicyclic) bond motifs is 1. The van der Waals surface area contributed by atoms with Crippen LogP contribution >= 0.6 is 0 Å². The number of imide groups is 1. The van der Waals surface area contributed by atoms with Gasteiger partial charge in [-0.15, -0.1) is 0 Å². The summed E-state index contributed by atoms with van der Waals surface area (Å²) in [6, 6.07) is 10.3. The molecule has 0 saturated carbocycles. The van der Waals surface area contributed by atoms with Crippen LogP contribution in [0.5, 0.6) is 0 Å². The Morgan fingerprint density at radius 1 is 1.02 bits per heavy atom. The van der Waals surface area contributed by atoms with Crippen molar-refractivity contribution in [2.45, 2.75) is 77.4 Å². The molecule has 0 radical (unpaired) electrons. The second kappa shape index (κ2) is 12.1. The Bertz CT molecular complexity index is 1620. The minimum atomic E-state index is -4.40. The third-order valence-corrected chi connectivity index (χ3v) is 9.55. The molecule has 1 N–H and O–H groups in total. The number of rotatable bonds is 4. The van der Waals surface area contributed by atoms with Crippen LogP contribution in [0.15, 0.2) is 48.5 Å². The first-order chi connectivity index (χ1) is 22.1. The molecule has 250 valence electrons. The van der Waals surface area contributed by atoms with Crippen molar-refractivity contribution in [2.24, 2.45) is 5.41 Å². The van der Waals surface area contributed by atoms with Gasteiger partial charge in [0.1, 0.15) is 11.6 Å². The zero-order chi connectivity index (χ0) is 33.7. The molecule has 6 rings (SSSR count). The van der Waals surface area contributed by atoms with E-state index in [1.165, 1.54) is 17.0 Å². The maximum absolute atomic E-state index is 13.3. The molecular weight excluding hydrogens is 613 g/mol. The molecule has 2 saturated heterocycles. The fourth-order valence-electron chi connectivity index (χ4n) is 7.23. The molecule has 4 aliphatic heterocycles. The van der Waals surface area contributed by atoms with Gasteiger partial charge >= 0.3 is 12.3 Å². The summed E-state index contributed by atoms with van der Waals surface area (Å²) in [6.45, 7) is 8.40. The molecular formula is C35H39F3N4O5. The second-order valence-electron chi connectivity index (χ2n) is 14.0. The van der Waals surface area contributed by atoms with Gasteiger partial charge in [0.05, 0.1) is 5.56 Å². The lowest BCUT2D eigenvalue weighted by atomic mass is 9.68. The first-order valence-corrected chi connectivity index (χ1v) is 16.0. The number of piperidine rings is 2. The van der Waals surface area contributed by atoms with Gasteiger partial charge in [-0.3, -0.25) is 24.6 Å². The van der Waals surface area contributed by atoms with Crippen molar-refractivity contribution >= 4 is 29.4 Å². The number of ether oxygens (including phenoxy) is 1. The van der Waals surface area contributed by atoms with E-state index in [0.29, 0.717) is 51.1 Å². The van der Waals surface area contributed by atoms with Gasteiger partial charge in [-0.05, 0) is 86.6 Å². The van der Waals surface area contributed by atoms with Gasteiger partial charge in [0, 0.05) is 56.7 Å². The van der Waals surface area contributed by atoms with Crippen molar-refractivity contribution in [3.63, 3.8) is 0 Å². The molecule has 2 aromatic rings. The summed E-state index contributed by atoms with van der Waals surface area (Å²) in [4.78, 5) is 56.0. The third-order valence-electron chi connectivity index (χ3n) is 9.55. The summed E-state index contributed by atoms with van der Waals surface area (Å²) in [5, 5.41) is 2.34.